The zero-order valence-corrected chi connectivity index (χ0v) is 10.2. The van der Waals surface area contributed by atoms with Crippen molar-refractivity contribution in [2.75, 3.05) is 26.2 Å². The molecule has 1 unspecified atom stereocenters. The molecule has 0 spiro atoms. The van der Waals surface area contributed by atoms with Gasteiger partial charge in [-0.05, 0) is 44.7 Å². The maximum atomic E-state index is 11.7. The molecule has 4 nitrogen and oxygen atoms in total. The summed E-state index contributed by atoms with van der Waals surface area (Å²) in [5.41, 5.74) is 0. The van der Waals surface area contributed by atoms with Crippen molar-refractivity contribution in [3.8, 4) is 0 Å². The first kappa shape index (κ1) is 13.5. The third-order valence-electron chi connectivity index (χ3n) is 3.19. The summed E-state index contributed by atoms with van der Waals surface area (Å²) in [4.78, 5) is 11.7. The average Bonchev–Trinajstić information content (AvgIpc) is 2.35. The van der Waals surface area contributed by atoms with Gasteiger partial charge in [0.2, 0.25) is 5.91 Å². The number of carbonyl (C=O) groups excluding carboxylic acids is 1. The topological polar surface area (TPSA) is 61.4 Å². The number of rotatable bonds is 6. The highest BCUT2D eigenvalue weighted by Gasteiger charge is 2.19. The standard InChI is InChI=1S/C12H24N2O2/c1-10(9-15)3-2-6-14-12(16)11-4-7-13-8-5-11/h10-11,13,15H,2-9H2,1H3,(H,14,16). The molecule has 1 heterocycles. The lowest BCUT2D eigenvalue weighted by Gasteiger charge is -2.21. The van der Waals surface area contributed by atoms with E-state index in [-0.39, 0.29) is 18.4 Å². The highest BCUT2D eigenvalue weighted by molar-refractivity contribution is 5.78. The Hall–Kier alpha value is -0.610. The van der Waals surface area contributed by atoms with E-state index in [2.05, 4.69) is 10.6 Å². The molecule has 16 heavy (non-hydrogen) atoms. The van der Waals surface area contributed by atoms with Gasteiger partial charge in [-0.1, -0.05) is 6.92 Å². The zero-order valence-electron chi connectivity index (χ0n) is 10.2. The van der Waals surface area contributed by atoms with Crippen LogP contribution >= 0.6 is 0 Å². The van der Waals surface area contributed by atoms with Gasteiger partial charge in [-0.3, -0.25) is 4.79 Å². The summed E-state index contributed by atoms with van der Waals surface area (Å²) in [5, 5.41) is 15.1. The lowest BCUT2D eigenvalue weighted by Crippen LogP contribution is -2.38. The van der Waals surface area contributed by atoms with E-state index in [1.165, 1.54) is 0 Å². The van der Waals surface area contributed by atoms with E-state index in [9.17, 15) is 4.79 Å². The second kappa shape index (κ2) is 7.63. The molecule has 1 amide bonds. The molecule has 3 N–H and O–H groups in total. The molecule has 1 aliphatic rings. The van der Waals surface area contributed by atoms with Crippen LogP contribution in [0.5, 0.6) is 0 Å². The van der Waals surface area contributed by atoms with Crippen LogP contribution < -0.4 is 10.6 Å². The summed E-state index contributed by atoms with van der Waals surface area (Å²) in [5.74, 6) is 0.755. The lowest BCUT2D eigenvalue weighted by molar-refractivity contribution is -0.125. The Bertz CT molecular complexity index is 203. The first-order valence-corrected chi connectivity index (χ1v) is 6.33. The fourth-order valence-electron chi connectivity index (χ4n) is 1.98. The van der Waals surface area contributed by atoms with Gasteiger partial charge in [0, 0.05) is 19.1 Å². The van der Waals surface area contributed by atoms with Gasteiger partial charge in [0.15, 0.2) is 0 Å². The van der Waals surface area contributed by atoms with Gasteiger partial charge < -0.3 is 15.7 Å². The van der Waals surface area contributed by atoms with E-state index in [4.69, 9.17) is 5.11 Å². The lowest BCUT2D eigenvalue weighted by atomic mass is 9.97. The van der Waals surface area contributed by atoms with Crippen molar-refractivity contribution in [1.29, 1.82) is 0 Å². The third kappa shape index (κ3) is 4.94. The van der Waals surface area contributed by atoms with Crippen LogP contribution in [0.25, 0.3) is 0 Å². The number of aliphatic hydroxyl groups excluding tert-OH is 1. The van der Waals surface area contributed by atoms with E-state index in [0.717, 1.165) is 45.3 Å². The Kier molecular flexibility index (Phi) is 6.42. The monoisotopic (exact) mass is 228 g/mol. The van der Waals surface area contributed by atoms with Crippen LogP contribution in [-0.4, -0.2) is 37.3 Å². The number of nitrogens with one attached hydrogen (secondary N) is 2. The van der Waals surface area contributed by atoms with Crippen molar-refractivity contribution in [2.24, 2.45) is 11.8 Å². The SMILES string of the molecule is CC(CO)CCCNC(=O)C1CCNCC1. The summed E-state index contributed by atoms with van der Waals surface area (Å²) < 4.78 is 0. The molecular weight excluding hydrogens is 204 g/mol. The predicted molar refractivity (Wildman–Crippen MR) is 64.1 cm³/mol. The molecule has 1 fully saturated rings. The van der Waals surface area contributed by atoms with Crippen molar-refractivity contribution in [3.63, 3.8) is 0 Å². The van der Waals surface area contributed by atoms with Crippen LogP contribution in [0.3, 0.4) is 0 Å². The Morgan fingerprint density at radius 1 is 1.50 bits per heavy atom. The molecule has 0 aromatic rings. The van der Waals surface area contributed by atoms with Gasteiger partial charge in [-0.25, -0.2) is 0 Å². The first-order chi connectivity index (χ1) is 7.74. The minimum Gasteiger partial charge on any atom is -0.396 e. The number of hydrogen-bond donors (Lipinski definition) is 3. The molecule has 1 rings (SSSR count). The minimum absolute atomic E-state index is 0.205. The van der Waals surface area contributed by atoms with Crippen LogP contribution in [0.4, 0.5) is 0 Å². The van der Waals surface area contributed by atoms with Crippen molar-refractivity contribution in [3.05, 3.63) is 0 Å². The molecule has 0 aromatic heterocycles. The zero-order chi connectivity index (χ0) is 11.8. The number of piperidine rings is 1. The van der Waals surface area contributed by atoms with Crippen molar-refractivity contribution < 1.29 is 9.90 Å². The maximum Gasteiger partial charge on any atom is 0.223 e. The fourth-order valence-corrected chi connectivity index (χ4v) is 1.98. The van der Waals surface area contributed by atoms with E-state index in [1.807, 2.05) is 6.92 Å². The normalized spacial score (nSPS) is 19.4. The van der Waals surface area contributed by atoms with E-state index < -0.39 is 0 Å². The quantitative estimate of drug-likeness (QED) is 0.581. The Morgan fingerprint density at radius 3 is 2.81 bits per heavy atom. The smallest absolute Gasteiger partial charge is 0.223 e. The summed E-state index contributed by atoms with van der Waals surface area (Å²) in [6.07, 6.45) is 3.85. The van der Waals surface area contributed by atoms with Crippen molar-refractivity contribution in [1.82, 2.24) is 10.6 Å². The van der Waals surface area contributed by atoms with Crippen molar-refractivity contribution in [2.45, 2.75) is 32.6 Å². The Balaban J connectivity index is 2.05. The second-order valence-corrected chi connectivity index (χ2v) is 4.75. The molecule has 0 saturated carbocycles. The number of carbonyl (C=O) groups is 1. The van der Waals surface area contributed by atoms with E-state index >= 15 is 0 Å². The average molecular weight is 228 g/mol. The molecule has 0 aliphatic carbocycles. The Morgan fingerprint density at radius 2 is 2.19 bits per heavy atom. The molecule has 0 bridgehead atoms. The predicted octanol–water partition coefficient (Wildman–Crippen LogP) is 0.511. The number of hydrogen-bond acceptors (Lipinski definition) is 3. The summed E-state index contributed by atoms with van der Waals surface area (Å²) in [6.45, 7) is 4.92. The second-order valence-electron chi connectivity index (χ2n) is 4.75. The van der Waals surface area contributed by atoms with E-state index in [1.54, 1.807) is 0 Å². The summed E-state index contributed by atoms with van der Waals surface area (Å²) in [6, 6.07) is 0. The molecule has 4 heteroatoms. The highest BCUT2D eigenvalue weighted by atomic mass is 16.3. The number of aliphatic hydroxyl groups is 1. The fraction of sp³-hybridized carbons (Fsp3) is 0.917. The van der Waals surface area contributed by atoms with Gasteiger partial charge in [-0.2, -0.15) is 0 Å². The van der Waals surface area contributed by atoms with Gasteiger partial charge in [0.1, 0.15) is 0 Å². The van der Waals surface area contributed by atoms with E-state index in [0.29, 0.717) is 5.92 Å². The minimum atomic E-state index is 0.205. The van der Waals surface area contributed by atoms with Gasteiger partial charge >= 0.3 is 0 Å². The molecule has 1 atom stereocenters. The summed E-state index contributed by atoms with van der Waals surface area (Å²) >= 11 is 0. The molecule has 94 valence electrons. The van der Waals surface area contributed by atoms with Gasteiger partial charge in [0.25, 0.3) is 0 Å². The Labute approximate surface area is 97.8 Å². The number of amides is 1. The van der Waals surface area contributed by atoms with Crippen LogP contribution in [0.2, 0.25) is 0 Å². The van der Waals surface area contributed by atoms with Crippen LogP contribution in [-0.2, 0) is 4.79 Å². The molecular formula is C12H24N2O2. The van der Waals surface area contributed by atoms with Gasteiger partial charge in [-0.15, -0.1) is 0 Å². The molecule has 1 saturated heterocycles. The van der Waals surface area contributed by atoms with Crippen LogP contribution in [0, 0.1) is 11.8 Å². The summed E-state index contributed by atoms with van der Waals surface area (Å²) in [7, 11) is 0. The van der Waals surface area contributed by atoms with Crippen LogP contribution in [0.1, 0.15) is 32.6 Å². The largest absolute Gasteiger partial charge is 0.396 e. The third-order valence-corrected chi connectivity index (χ3v) is 3.19. The molecule has 0 aromatic carbocycles. The molecule has 0 radical (unpaired) electrons. The maximum absolute atomic E-state index is 11.7. The molecule has 1 aliphatic heterocycles. The van der Waals surface area contributed by atoms with Crippen LogP contribution in [0.15, 0.2) is 0 Å². The van der Waals surface area contributed by atoms with Gasteiger partial charge in [0.05, 0.1) is 0 Å². The highest BCUT2D eigenvalue weighted by Crippen LogP contribution is 2.11. The first-order valence-electron chi connectivity index (χ1n) is 6.33. The van der Waals surface area contributed by atoms with Crippen molar-refractivity contribution >= 4 is 5.91 Å².